The molecule has 2 aromatic rings. The summed E-state index contributed by atoms with van der Waals surface area (Å²) in [5.74, 6) is 1.54. The quantitative estimate of drug-likeness (QED) is 0.886. The molecule has 0 bridgehead atoms. The molecule has 1 aromatic carbocycles. The second-order valence-electron chi connectivity index (χ2n) is 7.32. The normalized spacial score (nSPS) is 18.7. The van der Waals surface area contributed by atoms with Crippen LogP contribution in [0.4, 0.5) is 5.82 Å². The van der Waals surface area contributed by atoms with Gasteiger partial charge in [0.1, 0.15) is 5.82 Å². The van der Waals surface area contributed by atoms with Gasteiger partial charge in [-0.1, -0.05) is 18.2 Å². The Morgan fingerprint density at radius 3 is 2.64 bits per heavy atom. The van der Waals surface area contributed by atoms with Gasteiger partial charge in [0.2, 0.25) is 5.91 Å². The molecular formula is C21H25N5O2. The first kappa shape index (κ1) is 18.4. The van der Waals surface area contributed by atoms with Crippen LogP contribution in [0.3, 0.4) is 0 Å². The number of anilines is 1. The molecule has 1 atom stereocenters. The minimum atomic E-state index is -0.141. The van der Waals surface area contributed by atoms with Gasteiger partial charge >= 0.3 is 0 Å². The molecule has 3 heterocycles. The lowest BCUT2D eigenvalue weighted by Gasteiger charge is -2.30. The van der Waals surface area contributed by atoms with Crippen molar-refractivity contribution in [2.75, 3.05) is 25.5 Å². The average Bonchev–Trinajstić information content (AvgIpc) is 3.22. The molecule has 2 aliphatic heterocycles. The Labute approximate surface area is 164 Å². The Morgan fingerprint density at radius 2 is 1.93 bits per heavy atom. The molecule has 2 aliphatic rings. The van der Waals surface area contributed by atoms with E-state index in [9.17, 15) is 9.59 Å². The fraction of sp³-hybridized carbons (Fsp3) is 0.429. The van der Waals surface area contributed by atoms with Gasteiger partial charge < -0.3 is 15.1 Å². The van der Waals surface area contributed by atoms with Crippen molar-refractivity contribution in [3.8, 4) is 0 Å². The molecule has 1 aromatic heterocycles. The monoisotopic (exact) mass is 379 g/mol. The van der Waals surface area contributed by atoms with Crippen molar-refractivity contribution in [3.63, 3.8) is 0 Å². The lowest BCUT2D eigenvalue weighted by atomic mass is 10.0. The number of nitrogens with one attached hydrogen (secondary N) is 1. The number of nitrogens with zero attached hydrogens (tertiary/aromatic N) is 4. The van der Waals surface area contributed by atoms with Crippen LogP contribution in [0.25, 0.3) is 0 Å². The van der Waals surface area contributed by atoms with Gasteiger partial charge in [0.15, 0.2) is 5.82 Å². The Bertz CT molecular complexity index is 899. The summed E-state index contributed by atoms with van der Waals surface area (Å²) in [5.41, 5.74) is 2.64. The van der Waals surface area contributed by atoms with Gasteiger partial charge in [-0.25, -0.2) is 9.97 Å². The summed E-state index contributed by atoms with van der Waals surface area (Å²) in [4.78, 5) is 38.1. The van der Waals surface area contributed by atoms with Crippen LogP contribution in [-0.2, 0) is 17.8 Å². The minimum Gasteiger partial charge on any atom is -0.373 e. The first-order valence-corrected chi connectivity index (χ1v) is 9.77. The molecule has 28 heavy (non-hydrogen) atoms. The van der Waals surface area contributed by atoms with E-state index in [1.807, 2.05) is 42.3 Å². The van der Waals surface area contributed by atoms with E-state index in [0.717, 1.165) is 36.3 Å². The number of hydrogen-bond acceptors (Lipinski definition) is 5. The van der Waals surface area contributed by atoms with Gasteiger partial charge in [0.05, 0.1) is 18.3 Å². The Hall–Kier alpha value is -2.96. The van der Waals surface area contributed by atoms with Crippen molar-refractivity contribution in [1.82, 2.24) is 19.8 Å². The first-order chi connectivity index (χ1) is 13.6. The van der Waals surface area contributed by atoms with Crippen molar-refractivity contribution >= 4 is 17.6 Å². The molecule has 0 radical (unpaired) electrons. The second-order valence-corrected chi connectivity index (χ2v) is 7.32. The number of carbonyl (C=O) groups excluding carboxylic acids is 2. The van der Waals surface area contributed by atoms with E-state index < -0.39 is 0 Å². The highest BCUT2D eigenvalue weighted by atomic mass is 16.2. The van der Waals surface area contributed by atoms with Crippen LogP contribution in [0, 0.1) is 0 Å². The molecule has 7 nitrogen and oxygen atoms in total. The van der Waals surface area contributed by atoms with Gasteiger partial charge in [-0.2, -0.15) is 0 Å². The fourth-order valence-corrected chi connectivity index (χ4v) is 4.10. The van der Waals surface area contributed by atoms with Crippen molar-refractivity contribution in [2.45, 2.75) is 38.8 Å². The van der Waals surface area contributed by atoms with E-state index in [2.05, 4.69) is 5.32 Å². The maximum Gasteiger partial charge on any atom is 0.254 e. The predicted octanol–water partition coefficient (Wildman–Crippen LogP) is 2.40. The summed E-state index contributed by atoms with van der Waals surface area (Å²) in [6.07, 6.45) is 2.51. The van der Waals surface area contributed by atoms with Crippen LogP contribution in [0.15, 0.2) is 30.3 Å². The standard InChI is InChI=1S/C21H25N5O2/c1-14(27)25-12-10-16-17(13-25)23-20(24-19(16)22-2)18-9-6-11-26(18)21(28)15-7-4-3-5-8-15/h3-5,7-8,18H,6,9-13H2,1-2H3,(H,22,23,24)/t18-/m0/s1. The number of hydrogen-bond donors (Lipinski definition) is 1. The maximum atomic E-state index is 13.0. The molecule has 0 unspecified atom stereocenters. The van der Waals surface area contributed by atoms with Crippen LogP contribution in [-0.4, -0.2) is 51.7 Å². The summed E-state index contributed by atoms with van der Waals surface area (Å²) in [6.45, 7) is 3.46. The maximum absolute atomic E-state index is 13.0. The van der Waals surface area contributed by atoms with Crippen molar-refractivity contribution in [1.29, 1.82) is 0 Å². The fourth-order valence-electron chi connectivity index (χ4n) is 4.10. The molecule has 0 saturated carbocycles. The van der Waals surface area contributed by atoms with E-state index in [-0.39, 0.29) is 17.9 Å². The number of amides is 2. The number of likely N-dealkylation sites (tertiary alicyclic amines) is 1. The van der Waals surface area contributed by atoms with E-state index in [0.29, 0.717) is 31.0 Å². The SMILES string of the molecule is CNc1nc([C@@H]2CCCN2C(=O)c2ccccc2)nc2c1CCN(C(C)=O)C2. The zero-order valence-corrected chi connectivity index (χ0v) is 16.3. The van der Waals surface area contributed by atoms with Gasteiger partial charge in [-0.05, 0) is 31.4 Å². The highest BCUT2D eigenvalue weighted by Crippen LogP contribution is 2.34. The number of benzene rings is 1. The van der Waals surface area contributed by atoms with Gasteiger partial charge in [-0.15, -0.1) is 0 Å². The molecule has 146 valence electrons. The molecule has 1 fully saturated rings. The van der Waals surface area contributed by atoms with Crippen molar-refractivity contribution in [3.05, 3.63) is 53.0 Å². The summed E-state index contributed by atoms with van der Waals surface area (Å²) in [6, 6.07) is 9.21. The van der Waals surface area contributed by atoms with E-state index in [1.165, 1.54) is 0 Å². The van der Waals surface area contributed by atoms with Crippen LogP contribution in [0.5, 0.6) is 0 Å². The summed E-state index contributed by atoms with van der Waals surface area (Å²) in [7, 11) is 1.85. The van der Waals surface area contributed by atoms with Gasteiger partial charge in [0, 0.05) is 38.2 Å². The molecule has 2 amide bonds. The third-order valence-electron chi connectivity index (χ3n) is 5.60. The second kappa shape index (κ2) is 7.58. The molecule has 1 N–H and O–H groups in total. The first-order valence-electron chi connectivity index (χ1n) is 9.77. The smallest absolute Gasteiger partial charge is 0.254 e. The molecule has 4 rings (SSSR count). The lowest BCUT2D eigenvalue weighted by molar-refractivity contribution is -0.129. The summed E-state index contributed by atoms with van der Waals surface area (Å²) >= 11 is 0. The van der Waals surface area contributed by atoms with E-state index in [4.69, 9.17) is 9.97 Å². The predicted molar refractivity (Wildman–Crippen MR) is 106 cm³/mol. The van der Waals surface area contributed by atoms with Crippen molar-refractivity contribution in [2.24, 2.45) is 0 Å². The largest absolute Gasteiger partial charge is 0.373 e. The molecule has 0 aliphatic carbocycles. The average molecular weight is 379 g/mol. The molecule has 7 heteroatoms. The highest BCUT2D eigenvalue weighted by Gasteiger charge is 2.34. The van der Waals surface area contributed by atoms with Crippen LogP contribution >= 0.6 is 0 Å². The number of fused-ring (bicyclic) bond motifs is 1. The van der Waals surface area contributed by atoms with Gasteiger partial charge in [-0.3, -0.25) is 9.59 Å². The Morgan fingerprint density at radius 1 is 1.14 bits per heavy atom. The summed E-state index contributed by atoms with van der Waals surface area (Å²) < 4.78 is 0. The molecular weight excluding hydrogens is 354 g/mol. The lowest BCUT2D eigenvalue weighted by Crippen LogP contribution is -2.36. The number of carbonyl (C=O) groups is 2. The number of rotatable bonds is 3. The summed E-state index contributed by atoms with van der Waals surface area (Å²) in [5, 5.41) is 3.18. The van der Waals surface area contributed by atoms with Gasteiger partial charge in [0.25, 0.3) is 5.91 Å². The molecule has 1 saturated heterocycles. The van der Waals surface area contributed by atoms with E-state index in [1.54, 1.807) is 11.8 Å². The Balaban J connectivity index is 1.67. The van der Waals surface area contributed by atoms with E-state index >= 15 is 0 Å². The zero-order chi connectivity index (χ0) is 19.7. The van der Waals surface area contributed by atoms with Crippen LogP contribution < -0.4 is 5.32 Å². The highest BCUT2D eigenvalue weighted by molar-refractivity contribution is 5.94. The van der Waals surface area contributed by atoms with Crippen LogP contribution in [0.2, 0.25) is 0 Å². The number of aromatic nitrogens is 2. The third-order valence-corrected chi connectivity index (χ3v) is 5.60. The van der Waals surface area contributed by atoms with Crippen LogP contribution in [0.1, 0.15) is 53.2 Å². The third kappa shape index (κ3) is 3.32. The molecule has 0 spiro atoms. The zero-order valence-electron chi connectivity index (χ0n) is 16.3. The topological polar surface area (TPSA) is 78.4 Å². The minimum absolute atomic E-state index is 0.0146. The van der Waals surface area contributed by atoms with Crippen molar-refractivity contribution < 1.29 is 9.59 Å². The Kier molecular flexibility index (Phi) is 4.98.